The molecule has 0 radical (unpaired) electrons. The van der Waals surface area contributed by atoms with Crippen molar-refractivity contribution in [1.82, 2.24) is 0 Å². The molecule has 20 heavy (non-hydrogen) atoms. The van der Waals surface area contributed by atoms with E-state index in [-0.39, 0.29) is 5.82 Å². The van der Waals surface area contributed by atoms with Crippen LogP contribution in [-0.2, 0) is 0 Å². The number of benzene rings is 1. The molecule has 1 aromatic carbocycles. The molecular weight excluding hydrogens is 255 g/mol. The van der Waals surface area contributed by atoms with Gasteiger partial charge in [-0.1, -0.05) is 13.8 Å². The van der Waals surface area contributed by atoms with Crippen LogP contribution in [0.3, 0.4) is 0 Å². The van der Waals surface area contributed by atoms with Crippen LogP contribution in [0.2, 0.25) is 0 Å². The summed E-state index contributed by atoms with van der Waals surface area (Å²) in [7, 11) is 0. The minimum atomic E-state index is -0.377. The summed E-state index contributed by atoms with van der Waals surface area (Å²) >= 11 is 0. The van der Waals surface area contributed by atoms with Gasteiger partial charge in [0.05, 0.1) is 18.0 Å². The van der Waals surface area contributed by atoms with Crippen molar-refractivity contribution >= 4 is 11.4 Å². The predicted octanol–water partition coefficient (Wildman–Crippen LogP) is 3.82. The summed E-state index contributed by atoms with van der Waals surface area (Å²) in [5.74, 6) is 0.665. The third kappa shape index (κ3) is 3.17. The van der Waals surface area contributed by atoms with Crippen LogP contribution < -0.4 is 15.4 Å². The van der Waals surface area contributed by atoms with Crippen LogP contribution >= 0.6 is 0 Å². The van der Waals surface area contributed by atoms with E-state index in [4.69, 9.17) is 10.5 Å². The Morgan fingerprint density at radius 1 is 1.40 bits per heavy atom. The Morgan fingerprint density at radius 2 is 2.15 bits per heavy atom. The Morgan fingerprint density at radius 3 is 2.80 bits per heavy atom. The average molecular weight is 280 g/mol. The van der Waals surface area contributed by atoms with Crippen molar-refractivity contribution in [3.8, 4) is 5.75 Å². The van der Waals surface area contributed by atoms with Gasteiger partial charge in [0, 0.05) is 24.7 Å². The molecule has 0 aromatic heterocycles. The van der Waals surface area contributed by atoms with E-state index in [1.807, 2.05) is 6.92 Å². The summed E-state index contributed by atoms with van der Waals surface area (Å²) in [6, 6.07) is 3.56. The third-order valence-electron chi connectivity index (χ3n) is 3.99. The van der Waals surface area contributed by atoms with Crippen molar-refractivity contribution in [3.63, 3.8) is 0 Å². The topological polar surface area (TPSA) is 38.5 Å². The zero-order valence-corrected chi connectivity index (χ0v) is 12.7. The van der Waals surface area contributed by atoms with Gasteiger partial charge in [0.25, 0.3) is 0 Å². The zero-order valence-electron chi connectivity index (χ0n) is 12.7. The summed E-state index contributed by atoms with van der Waals surface area (Å²) in [5, 5.41) is 0. The van der Waals surface area contributed by atoms with Gasteiger partial charge in [-0.25, -0.2) is 4.39 Å². The fraction of sp³-hybridized carbons (Fsp3) is 0.625. The maximum Gasteiger partial charge on any atom is 0.167 e. The lowest BCUT2D eigenvalue weighted by Gasteiger charge is -2.39. The highest BCUT2D eigenvalue weighted by molar-refractivity contribution is 5.70. The molecule has 1 fully saturated rings. The molecule has 2 unspecified atom stereocenters. The number of ether oxygens (including phenoxy) is 1. The summed E-state index contributed by atoms with van der Waals surface area (Å²) in [5.41, 5.74) is 7.40. The minimum absolute atomic E-state index is 0.307. The fourth-order valence-corrected chi connectivity index (χ4v) is 2.89. The Hall–Kier alpha value is -1.45. The van der Waals surface area contributed by atoms with Crippen molar-refractivity contribution in [2.45, 2.75) is 46.1 Å². The van der Waals surface area contributed by atoms with E-state index in [1.54, 1.807) is 6.07 Å². The number of nitrogen functional groups attached to an aromatic ring is 1. The van der Waals surface area contributed by atoms with Gasteiger partial charge in [-0.15, -0.1) is 0 Å². The van der Waals surface area contributed by atoms with Crippen molar-refractivity contribution in [2.24, 2.45) is 5.92 Å². The smallest absolute Gasteiger partial charge is 0.167 e. The number of halogens is 1. The van der Waals surface area contributed by atoms with Gasteiger partial charge in [-0.3, -0.25) is 0 Å². The SMILES string of the molecule is CCCOc1cc(N2CCC(C)CC2C)c(N)cc1F. The van der Waals surface area contributed by atoms with Crippen molar-refractivity contribution in [1.29, 1.82) is 0 Å². The highest BCUT2D eigenvalue weighted by Gasteiger charge is 2.25. The second kappa shape index (κ2) is 6.33. The fourth-order valence-electron chi connectivity index (χ4n) is 2.89. The van der Waals surface area contributed by atoms with Gasteiger partial charge in [-0.05, 0) is 32.1 Å². The molecule has 3 nitrogen and oxygen atoms in total. The van der Waals surface area contributed by atoms with Crippen LogP contribution in [0.15, 0.2) is 12.1 Å². The first kappa shape index (κ1) is 14.9. The number of anilines is 2. The normalized spacial score (nSPS) is 22.9. The van der Waals surface area contributed by atoms with Crippen LogP contribution in [0.1, 0.15) is 40.0 Å². The number of piperidine rings is 1. The van der Waals surface area contributed by atoms with E-state index in [0.29, 0.717) is 24.1 Å². The summed E-state index contributed by atoms with van der Waals surface area (Å²) in [6.07, 6.45) is 3.14. The van der Waals surface area contributed by atoms with Crippen LogP contribution in [-0.4, -0.2) is 19.2 Å². The van der Waals surface area contributed by atoms with Crippen molar-refractivity contribution < 1.29 is 9.13 Å². The molecule has 4 heteroatoms. The van der Waals surface area contributed by atoms with Gasteiger partial charge in [-0.2, -0.15) is 0 Å². The van der Waals surface area contributed by atoms with Crippen LogP contribution in [0.4, 0.5) is 15.8 Å². The molecule has 0 spiro atoms. The van der Waals surface area contributed by atoms with E-state index in [1.165, 1.54) is 6.07 Å². The maximum atomic E-state index is 13.9. The molecule has 0 amide bonds. The lowest BCUT2D eigenvalue weighted by molar-refractivity contribution is 0.301. The standard InChI is InChI=1S/C16H25FN2O/c1-4-7-20-16-10-15(14(18)9-13(16)17)19-6-5-11(2)8-12(19)3/h9-12H,4-8,18H2,1-3H3. The number of hydrogen-bond acceptors (Lipinski definition) is 3. The molecule has 2 rings (SSSR count). The molecule has 1 saturated heterocycles. The van der Waals surface area contributed by atoms with Gasteiger partial charge in [0.1, 0.15) is 0 Å². The minimum Gasteiger partial charge on any atom is -0.490 e. The van der Waals surface area contributed by atoms with E-state index >= 15 is 0 Å². The summed E-state index contributed by atoms with van der Waals surface area (Å²) in [6.45, 7) is 7.96. The maximum absolute atomic E-state index is 13.9. The highest BCUT2D eigenvalue weighted by Crippen LogP contribution is 2.35. The number of nitrogens with zero attached hydrogens (tertiary/aromatic N) is 1. The molecular formula is C16H25FN2O. The quantitative estimate of drug-likeness (QED) is 0.852. The van der Waals surface area contributed by atoms with Crippen LogP contribution in [0.25, 0.3) is 0 Å². The second-order valence-electron chi connectivity index (χ2n) is 5.86. The van der Waals surface area contributed by atoms with Gasteiger partial charge >= 0.3 is 0 Å². The molecule has 0 saturated carbocycles. The highest BCUT2D eigenvalue weighted by atomic mass is 19.1. The number of nitrogens with two attached hydrogens (primary N) is 1. The number of rotatable bonds is 4. The largest absolute Gasteiger partial charge is 0.490 e. The Kier molecular flexibility index (Phi) is 4.73. The zero-order chi connectivity index (χ0) is 14.7. The monoisotopic (exact) mass is 280 g/mol. The van der Waals surface area contributed by atoms with E-state index in [9.17, 15) is 4.39 Å². The van der Waals surface area contributed by atoms with Crippen LogP contribution in [0, 0.1) is 11.7 Å². The Labute approximate surface area is 120 Å². The number of hydrogen-bond donors (Lipinski definition) is 1. The van der Waals surface area contributed by atoms with Gasteiger partial charge in [0.15, 0.2) is 11.6 Å². The molecule has 0 bridgehead atoms. The van der Waals surface area contributed by atoms with Gasteiger partial charge < -0.3 is 15.4 Å². The molecule has 0 aliphatic carbocycles. The Bertz CT molecular complexity index is 464. The van der Waals surface area contributed by atoms with Crippen molar-refractivity contribution in [3.05, 3.63) is 17.9 Å². The molecule has 2 atom stereocenters. The molecule has 112 valence electrons. The average Bonchev–Trinajstić information content (AvgIpc) is 2.39. The lowest BCUT2D eigenvalue weighted by Crippen LogP contribution is -2.40. The first-order chi connectivity index (χ1) is 9.52. The Balaban J connectivity index is 2.26. The predicted molar refractivity (Wildman–Crippen MR) is 81.8 cm³/mol. The first-order valence-corrected chi connectivity index (χ1v) is 7.51. The van der Waals surface area contributed by atoms with Crippen molar-refractivity contribution in [2.75, 3.05) is 23.8 Å². The molecule has 2 N–H and O–H groups in total. The molecule has 1 heterocycles. The van der Waals surface area contributed by atoms with Crippen LogP contribution in [0.5, 0.6) is 5.75 Å². The van der Waals surface area contributed by atoms with Gasteiger partial charge in [0.2, 0.25) is 0 Å². The summed E-state index contributed by atoms with van der Waals surface area (Å²) in [4.78, 5) is 2.27. The van der Waals surface area contributed by atoms with E-state index in [2.05, 4.69) is 18.7 Å². The molecule has 1 aromatic rings. The van der Waals surface area contributed by atoms with E-state index in [0.717, 1.165) is 37.4 Å². The molecule has 1 aliphatic heterocycles. The third-order valence-corrected chi connectivity index (χ3v) is 3.99. The lowest BCUT2D eigenvalue weighted by atomic mass is 9.93. The summed E-state index contributed by atoms with van der Waals surface area (Å²) < 4.78 is 19.3. The molecule has 1 aliphatic rings. The first-order valence-electron chi connectivity index (χ1n) is 7.51. The van der Waals surface area contributed by atoms with E-state index < -0.39 is 0 Å². The second-order valence-corrected chi connectivity index (χ2v) is 5.86.